The molecule has 0 radical (unpaired) electrons. The molecule has 2 rings (SSSR count). The van der Waals surface area contributed by atoms with Gasteiger partial charge in [-0.25, -0.2) is 0 Å². The van der Waals surface area contributed by atoms with Crippen molar-refractivity contribution in [2.75, 3.05) is 0 Å². The number of aromatic carboxylic acids is 1. The first-order valence-corrected chi connectivity index (χ1v) is 4.88. The lowest BCUT2D eigenvalue weighted by Gasteiger charge is -1.98. The Hall–Kier alpha value is -1.62. The van der Waals surface area contributed by atoms with Gasteiger partial charge in [-0.1, -0.05) is 6.07 Å². The Labute approximate surface area is 84.2 Å². The third kappa shape index (κ3) is 1.31. The first-order valence-electron chi connectivity index (χ1n) is 4.00. The zero-order valence-corrected chi connectivity index (χ0v) is 8.22. The number of carbonyl (C=O) groups excluding carboxylic acids is 1. The predicted molar refractivity (Wildman–Crippen MR) is 51.0 cm³/mol. The molecular formula is C9H7N2O2S-. The fourth-order valence-corrected chi connectivity index (χ4v) is 2.03. The van der Waals surface area contributed by atoms with Gasteiger partial charge >= 0.3 is 0 Å². The monoisotopic (exact) mass is 207 g/mol. The van der Waals surface area contributed by atoms with Gasteiger partial charge in [0.05, 0.1) is 16.5 Å². The molecule has 1 N–H and O–H groups in total. The third-order valence-corrected chi connectivity index (χ3v) is 2.86. The highest BCUT2D eigenvalue weighted by atomic mass is 32.1. The predicted octanol–water partition coefficient (Wildman–Crippen LogP) is 0.810. The van der Waals surface area contributed by atoms with Gasteiger partial charge in [-0.2, -0.15) is 5.10 Å². The second kappa shape index (κ2) is 3.26. The number of aromatic amines is 1. The number of carbonyl (C=O) groups is 1. The molecule has 0 spiro atoms. The Morgan fingerprint density at radius 1 is 1.64 bits per heavy atom. The Morgan fingerprint density at radius 3 is 2.93 bits per heavy atom. The number of carboxylic acid groups (broad SMARTS) is 1. The Bertz CT molecular complexity index is 459. The number of H-pyrrole nitrogens is 1. The van der Waals surface area contributed by atoms with E-state index >= 15 is 0 Å². The van der Waals surface area contributed by atoms with Crippen molar-refractivity contribution in [3.05, 3.63) is 28.8 Å². The summed E-state index contributed by atoms with van der Waals surface area (Å²) in [6.07, 6.45) is 0. The lowest BCUT2D eigenvalue weighted by atomic mass is 10.2. The van der Waals surface area contributed by atoms with Crippen LogP contribution in [0.5, 0.6) is 0 Å². The van der Waals surface area contributed by atoms with E-state index in [4.69, 9.17) is 0 Å². The van der Waals surface area contributed by atoms with Gasteiger partial charge < -0.3 is 9.90 Å². The smallest absolute Gasteiger partial charge is 0.111 e. The second-order valence-electron chi connectivity index (χ2n) is 2.84. The maximum Gasteiger partial charge on any atom is 0.111 e. The molecule has 4 nitrogen and oxygen atoms in total. The van der Waals surface area contributed by atoms with Crippen LogP contribution in [0.2, 0.25) is 0 Å². The standard InChI is InChI=1S/C9H8N2O2S/c1-5-7(6-3-2-4-14-6)10-11-8(5)9(12)13/h2-4H,1H3,(H,10,11)(H,12,13)/p-1. The first kappa shape index (κ1) is 8.96. The van der Waals surface area contributed by atoms with Gasteiger partial charge in [0.15, 0.2) is 0 Å². The van der Waals surface area contributed by atoms with Crippen LogP contribution < -0.4 is 5.11 Å². The summed E-state index contributed by atoms with van der Waals surface area (Å²) in [6, 6.07) is 3.81. The van der Waals surface area contributed by atoms with Gasteiger partial charge in [-0.15, -0.1) is 11.3 Å². The number of hydrogen-bond donors (Lipinski definition) is 1. The highest BCUT2D eigenvalue weighted by Gasteiger charge is 2.11. The van der Waals surface area contributed by atoms with Gasteiger partial charge in [0, 0.05) is 5.56 Å². The molecule has 14 heavy (non-hydrogen) atoms. The van der Waals surface area contributed by atoms with Crippen LogP contribution in [0, 0.1) is 6.92 Å². The van der Waals surface area contributed by atoms with Crippen molar-refractivity contribution in [1.82, 2.24) is 10.2 Å². The maximum absolute atomic E-state index is 10.6. The van der Waals surface area contributed by atoms with Crippen molar-refractivity contribution >= 4 is 17.3 Å². The van der Waals surface area contributed by atoms with E-state index in [1.165, 1.54) is 11.3 Å². The van der Waals surface area contributed by atoms with Gasteiger partial charge in [0.2, 0.25) is 0 Å². The Morgan fingerprint density at radius 2 is 2.43 bits per heavy atom. The highest BCUT2D eigenvalue weighted by molar-refractivity contribution is 7.13. The fraction of sp³-hybridized carbons (Fsp3) is 0.111. The quantitative estimate of drug-likeness (QED) is 0.792. The van der Waals surface area contributed by atoms with E-state index in [1.807, 2.05) is 17.5 Å². The largest absolute Gasteiger partial charge is 0.543 e. The minimum Gasteiger partial charge on any atom is -0.543 e. The van der Waals surface area contributed by atoms with Crippen LogP contribution in [0.1, 0.15) is 16.1 Å². The molecular weight excluding hydrogens is 200 g/mol. The molecule has 0 saturated carbocycles. The van der Waals surface area contributed by atoms with E-state index < -0.39 is 5.97 Å². The average molecular weight is 207 g/mol. The zero-order chi connectivity index (χ0) is 10.1. The third-order valence-electron chi connectivity index (χ3n) is 1.97. The van der Waals surface area contributed by atoms with E-state index in [1.54, 1.807) is 6.92 Å². The number of hydrogen-bond acceptors (Lipinski definition) is 4. The summed E-state index contributed by atoms with van der Waals surface area (Å²) in [5.74, 6) is -1.25. The van der Waals surface area contributed by atoms with E-state index in [2.05, 4.69) is 10.2 Å². The molecule has 2 aromatic heterocycles. The van der Waals surface area contributed by atoms with Crippen molar-refractivity contribution in [1.29, 1.82) is 0 Å². The minimum atomic E-state index is -1.25. The number of nitrogens with one attached hydrogen (secondary N) is 1. The number of carboxylic acids is 1. The van der Waals surface area contributed by atoms with Gasteiger partial charge in [-0.05, 0) is 18.4 Å². The molecule has 0 amide bonds. The summed E-state index contributed by atoms with van der Waals surface area (Å²) in [5, 5.41) is 18.9. The van der Waals surface area contributed by atoms with Gasteiger partial charge in [0.25, 0.3) is 0 Å². The molecule has 0 unspecified atom stereocenters. The maximum atomic E-state index is 10.6. The molecule has 0 aliphatic rings. The molecule has 0 bridgehead atoms. The number of thiophene rings is 1. The van der Waals surface area contributed by atoms with Crippen molar-refractivity contribution in [3.63, 3.8) is 0 Å². The van der Waals surface area contributed by atoms with Crippen LogP contribution in [0.15, 0.2) is 17.5 Å². The molecule has 72 valence electrons. The molecule has 0 atom stereocenters. The number of rotatable bonds is 2. The molecule has 0 aliphatic heterocycles. The first-order chi connectivity index (χ1) is 6.70. The molecule has 5 heteroatoms. The van der Waals surface area contributed by atoms with Crippen LogP contribution in [0.4, 0.5) is 0 Å². The molecule has 0 aliphatic carbocycles. The van der Waals surface area contributed by atoms with Crippen LogP contribution in [0.3, 0.4) is 0 Å². The van der Waals surface area contributed by atoms with Crippen molar-refractivity contribution in [2.45, 2.75) is 6.92 Å². The Balaban J connectivity index is 2.52. The fourth-order valence-electron chi connectivity index (χ4n) is 1.26. The van der Waals surface area contributed by atoms with E-state index in [0.717, 1.165) is 10.6 Å². The second-order valence-corrected chi connectivity index (χ2v) is 3.78. The summed E-state index contributed by atoms with van der Waals surface area (Å²) in [5.41, 5.74) is 1.35. The van der Waals surface area contributed by atoms with Gasteiger partial charge in [-0.3, -0.25) is 5.10 Å². The summed E-state index contributed by atoms with van der Waals surface area (Å²) >= 11 is 1.53. The Kier molecular flexibility index (Phi) is 2.09. The normalized spacial score (nSPS) is 10.4. The molecule has 2 aromatic rings. The molecule has 2 heterocycles. The summed E-state index contributed by atoms with van der Waals surface area (Å²) in [6.45, 7) is 1.71. The summed E-state index contributed by atoms with van der Waals surface area (Å²) in [7, 11) is 0. The molecule has 0 aromatic carbocycles. The summed E-state index contributed by atoms with van der Waals surface area (Å²) < 4.78 is 0. The van der Waals surface area contributed by atoms with Crippen LogP contribution in [-0.4, -0.2) is 16.2 Å². The van der Waals surface area contributed by atoms with Crippen LogP contribution in [-0.2, 0) is 0 Å². The van der Waals surface area contributed by atoms with Crippen LogP contribution in [0.25, 0.3) is 10.6 Å². The zero-order valence-electron chi connectivity index (χ0n) is 7.40. The SMILES string of the molecule is Cc1c(C(=O)[O-])n[nH]c1-c1cccs1. The van der Waals surface area contributed by atoms with Crippen LogP contribution >= 0.6 is 11.3 Å². The van der Waals surface area contributed by atoms with Crippen molar-refractivity contribution in [2.24, 2.45) is 0 Å². The van der Waals surface area contributed by atoms with E-state index in [-0.39, 0.29) is 5.69 Å². The minimum absolute atomic E-state index is 0.0200. The van der Waals surface area contributed by atoms with Crippen molar-refractivity contribution in [3.8, 4) is 10.6 Å². The average Bonchev–Trinajstić information content (AvgIpc) is 2.71. The van der Waals surface area contributed by atoms with Crippen molar-refractivity contribution < 1.29 is 9.90 Å². The lowest BCUT2D eigenvalue weighted by Crippen LogP contribution is -2.23. The summed E-state index contributed by atoms with van der Waals surface area (Å²) in [4.78, 5) is 11.6. The van der Waals surface area contributed by atoms with E-state index in [0.29, 0.717) is 5.56 Å². The van der Waals surface area contributed by atoms with Gasteiger partial charge in [0.1, 0.15) is 5.69 Å². The molecule has 0 saturated heterocycles. The highest BCUT2D eigenvalue weighted by Crippen LogP contribution is 2.26. The molecule has 0 fully saturated rings. The topological polar surface area (TPSA) is 68.8 Å². The number of nitrogens with zero attached hydrogens (tertiary/aromatic N) is 1. The van der Waals surface area contributed by atoms with E-state index in [9.17, 15) is 9.90 Å². The lowest BCUT2D eigenvalue weighted by molar-refractivity contribution is -0.255. The number of aromatic nitrogens is 2.